The van der Waals surface area contributed by atoms with Crippen molar-refractivity contribution in [1.29, 1.82) is 0 Å². The summed E-state index contributed by atoms with van der Waals surface area (Å²) < 4.78 is 37.5. The van der Waals surface area contributed by atoms with Crippen LogP contribution in [0.15, 0.2) is 47.8 Å². The van der Waals surface area contributed by atoms with Gasteiger partial charge in [-0.1, -0.05) is 0 Å². The first-order valence-electron chi connectivity index (χ1n) is 11.8. The standard InChI is InChI=1S/C25H30N4O5S/c1-25(2,3)34-24(30)29-17-5-6-18(29)13-19(12-17)33-23-14-22(26-15-27-23)28-10-9-16-11-20(35(4,31)32)7-8-21(16)28/h7-11,14-15,17-19H,5-6,12-13H2,1-4H3. The molecular weight excluding hydrogens is 468 g/mol. The van der Waals surface area contributed by atoms with E-state index < -0.39 is 15.4 Å². The van der Waals surface area contributed by atoms with Crippen LogP contribution in [0, 0.1) is 0 Å². The average Bonchev–Trinajstić information content (AvgIpc) is 3.30. The minimum Gasteiger partial charge on any atom is -0.474 e. The van der Waals surface area contributed by atoms with Gasteiger partial charge in [0.2, 0.25) is 5.88 Å². The molecule has 2 atom stereocenters. The minimum absolute atomic E-state index is 0.0485. The van der Waals surface area contributed by atoms with E-state index in [9.17, 15) is 13.2 Å². The van der Waals surface area contributed by atoms with Crippen LogP contribution in [-0.2, 0) is 14.6 Å². The first-order chi connectivity index (χ1) is 16.5. The molecule has 2 aliphatic rings. The van der Waals surface area contributed by atoms with Gasteiger partial charge < -0.3 is 18.9 Å². The smallest absolute Gasteiger partial charge is 0.410 e. The molecule has 3 aromatic rings. The second-order valence-corrected chi connectivity index (χ2v) is 12.4. The zero-order valence-corrected chi connectivity index (χ0v) is 21.2. The maximum Gasteiger partial charge on any atom is 0.410 e. The lowest BCUT2D eigenvalue weighted by atomic mass is 10.0. The highest BCUT2D eigenvalue weighted by Crippen LogP contribution is 2.38. The molecule has 9 nitrogen and oxygen atoms in total. The molecule has 0 spiro atoms. The molecule has 2 saturated heterocycles. The number of hydrogen-bond acceptors (Lipinski definition) is 7. The number of carbonyl (C=O) groups is 1. The monoisotopic (exact) mass is 498 g/mol. The lowest BCUT2D eigenvalue weighted by Crippen LogP contribution is -2.50. The number of piperidine rings is 1. The van der Waals surface area contributed by atoms with Gasteiger partial charge in [-0.05, 0) is 57.9 Å². The Morgan fingerprint density at radius 2 is 1.77 bits per heavy atom. The molecule has 2 aromatic heterocycles. The van der Waals surface area contributed by atoms with Crippen LogP contribution in [0.2, 0.25) is 0 Å². The van der Waals surface area contributed by atoms with Gasteiger partial charge in [0.1, 0.15) is 23.9 Å². The SMILES string of the molecule is CC(C)(C)OC(=O)N1C2CCC1CC(Oc1cc(-n3ccc4cc(S(C)(=O)=O)ccc43)ncn1)C2. The lowest BCUT2D eigenvalue weighted by molar-refractivity contribution is -0.00760. The second-order valence-electron chi connectivity index (χ2n) is 10.4. The summed E-state index contributed by atoms with van der Waals surface area (Å²) in [5, 5.41) is 0.806. The van der Waals surface area contributed by atoms with E-state index in [1.165, 1.54) is 12.6 Å². The van der Waals surface area contributed by atoms with Crippen molar-refractivity contribution in [1.82, 2.24) is 19.4 Å². The number of aromatic nitrogens is 3. The maximum absolute atomic E-state index is 12.7. The van der Waals surface area contributed by atoms with Gasteiger partial charge in [-0.25, -0.2) is 23.2 Å². The van der Waals surface area contributed by atoms with Crippen molar-refractivity contribution in [2.75, 3.05) is 6.26 Å². The molecule has 4 heterocycles. The molecule has 2 fully saturated rings. The molecule has 0 saturated carbocycles. The molecule has 2 unspecified atom stereocenters. The number of benzene rings is 1. The predicted molar refractivity (Wildman–Crippen MR) is 131 cm³/mol. The molecule has 2 bridgehead atoms. The van der Waals surface area contributed by atoms with E-state index in [0.717, 1.165) is 36.6 Å². The molecule has 0 radical (unpaired) electrons. The fourth-order valence-corrected chi connectivity index (χ4v) is 5.74. The van der Waals surface area contributed by atoms with E-state index in [1.807, 2.05) is 42.5 Å². The van der Waals surface area contributed by atoms with E-state index in [2.05, 4.69) is 9.97 Å². The molecule has 5 rings (SSSR count). The van der Waals surface area contributed by atoms with Crippen LogP contribution < -0.4 is 4.74 Å². The van der Waals surface area contributed by atoms with Gasteiger partial charge in [0.25, 0.3) is 0 Å². The quantitative estimate of drug-likeness (QED) is 0.533. The minimum atomic E-state index is -3.28. The van der Waals surface area contributed by atoms with Crippen molar-refractivity contribution in [3.8, 4) is 11.7 Å². The van der Waals surface area contributed by atoms with Gasteiger partial charge in [0.05, 0.1) is 10.4 Å². The highest BCUT2D eigenvalue weighted by atomic mass is 32.2. The first-order valence-corrected chi connectivity index (χ1v) is 13.7. The van der Waals surface area contributed by atoms with Crippen molar-refractivity contribution < 1.29 is 22.7 Å². The summed E-state index contributed by atoms with van der Waals surface area (Å²) in [7, 11) is -3.28. The molecule has 2 aliphatic heterocycles. The third-order valence-electron chi connectivity index (χ3n) is 6.55. The van der Waals surface area contributed by atoms with E-state index in [0.29, 0.717) is 11.7 Å². The molecular formula is C25H30N4O5S. The molecule has 0 N–H and O–H groups in total. The zero-order valence-electron chi connectivity index (χ0n) is 20.3. The second kappa shape index (κ2) is 8.51. The van der Waals surface area contributed by atoms with Crippen molar-refractivity contribution in [3.63, 3.8) is 0 Å². The molecule has 186 valence electrons. The number of rotatable bonds is 4. The Balaban J connectivity index is 1.32. The van der Waals surface area contributed by atoms with Crippen LogP contribution in [-0.4, -0.2) is 64.0 Å². The molecule has 10 heteroatoms. The third-order valence-corrected chi connectivity index (χ3v) is 7.66. The van der Waals surface area contributed by atoms with Crippen LogP contribution >= 0.6 is 0 Å². The molecule has 1 amide bonds. The van der Waals surface area contributed by atoms with Gasteiger partial charge in [-0.2, -0.15) is 0 Å². The van der Waals surface area contributed by atoms with E-state index in [1.54, 1.807) is 24.3 Å². The van der Waals surface area contributed by atoms with Crippen LogP contribution in [0.1, 0.15) is 46.5 Å². The first kappa shape index (κ1) is 23.6. The van der Waals surface area contributed by atoms with E-state index >= 15 is 0 Å². The summed E-state index contributed by atoms with van der Waals surface area (Å²) in [6.45, 7) is 5.65. The average molecular weight is 499 g/mol. The van der Waals surface area contributed by atoms with Gasteiger partial charge in [-0.15, -0.1) is 0 Å². The highest BCUT2D eigenvalue weighted by molar-refractivity contribution is 7.90. The Labute approximate surface area is 205 Å². The van der Waals surface area contributed by atoms with Gasteiger partial charge in [-0.3, -0.25) is 0 Å². The van der Waals surface area contributed by atoms with Gasteiger partial charge >= 0.3 is 6.09 Å². The third kappa shape index (κ3) is 4.84. The van der Waals surface area contributed by atoms with E-state index in [-0.39, 0.29) is 29.2 Å². The van der Waals surface area contributed by atoms with Crippen molar-refractivity contribution in [3.05, 3.63) is 42.9 Å². The Hall–Kier alpha value is -3.14. The largest absolute Gasteiger partial charge is 0.474 e. The normalized spacial score (nSPS) is 22.4. The predicted octanol–water partition coefficient (Wildman–Crippen LogP) is 4.13. The maximum atomic E-state index is 12.7. The molecule has 0 aliphatic carbocycles. The van der Waals surface area contributed by atoms with Gasteiger partial charge in [0.15, 0.2) is 9.84 Å². The Morgan fingerprint density at radius 1 is 1.06 bits per heavy atom. The fraction of sp³-hybridized carbons (Fsp3) is 0.480. The summed E-state index contributed by atoms with van der Waals surface area (Å²) in [6, 6.07) is 8.88. The van der Waals surface area contributed by atoms with Crippen molar-refractivity contribution in [2.45, 2.75) is 75.1 Å². The van der Waals surface area contributed by atoms with Crippen LogP contribution in [0.3, 0.4) is 0 Å². The van der Waals surface area contributed by atoms with Crippen LogP contribution in [0.25, 0.3) is 16.7 Å². The number of hydrogen-bond donors (Lipinski definition) is 0. The van der Waals surface area contributed by atoms with E-state index in [4.69, 9.17) is 9.47 Å². The Morgan fingerprint density at radius 3 is 2.43 bits per heavy atom. The number of sulfone groups is 1. The van der Waals surface area contributed by atoms with Gasteiger partial charge in [0, 0.05) is 48.8 Å². The van der Waals surface area contributed by atoms with Crippen molar-refractivity contribution in [2.24, 2.45) is 0 Å². The molecule has 35 heavy (non-hydrogen) atoms. The van der Waals surface area contributed by atoms with Crippen molar-refractivity contribution >= 4 is 26.8 Å². The van der Waals surface area contributed by atoms with Crippen LogP contribution in [0.5, 0.6) is 5.88 Å². The zero-order chi connectivity index (χ0) is 25.0. The number of amides is 1. The number of nitrogens with zero attached hydrogens (tertiary/aromatic N) is 4. The Kier molecular flexibility index (Phi) is 5.74. The Bertz CT molecular complexity index is 1360. The topological polar surface area (TPSA) is 104 Å². The summed E-state index contributed by atoms with van der Waals surface area (Å²) >= 11 is 0. The summed E-state index contributed by atoms with van der Waals surface area (Å²) in [6.07, 6.45) is 7.58. The lowest BCUT2D eigenvalue weighted by Gasteiger charge is -2.39. The highest BCUT2D eigenvalue weighted by Gasteiger charge is 2.45. The van der Waals surface area contributed by atoms with Crippen LogP contribution in [0.4, 0.5) is 4.79 Å². The molecule has 1 aromatic carbocycles. The summed E-state index contributed by atoms with van der Waals surface area (Å²) in [5.41, 5.74) is 0.321. The number of ether oxygens (including phenoxy) is 2. The number of fused-ring (bicyclic) bond motifs is 3. The summed E-state index contributed by atoms with van der Waals surface area (Å²) in [5.74, 6) is 1.10. The fourth-order valence-electron chi connectivity index (χ4n) is 5.08. The number of carbonyl (C=O) groups excluding carboxylic acids is 1. The summed E-state index contributed by atoms with van der Waals surface area (Å²) in [4.78, 5) is 23.6.